The molecule has 0 amide bonds. The van der Waals surface area contributed by atoms with E-state index >= 15 is 0 Å². The molecule has 1 saturated heterocycles. The smallest absolute Gasteiger partial charge is 0.259 e. The van der Waals surface area contributed by atoms with Gasteiger partial charge in [0, 0.05) is 36.4 Å². The normalized spacial score (nSPS) is 14.9. The lowest BCUT2D eigenvalue weighted by Crippen LogP contribution is -2.34. The van der Waals surface area contributed by atoms with Crippen LogP contribution < -0.4 is 10.9 Å². The molecule has 36 heavy (non-hydrogen) atoms. The van der Waals surface area contributed by atoms with Gasteiger partial charge in [0.05, 0.1) is 17.8 Å². The topological polar surface area (TPSA) is 86.8 Å². The predicted octanol–water partition coefficient (Wildman–Crippen LogP) is 5.28. The number of benzene rings is 1. The number of aromatic amines is 1. The first-order chi connectivity index (χ1) is 17.5. The van der Waals surface area contributed by atoms with Crippen molar-refractivity contribution in [2.75, 3.05) is 31.6 Å². The molecule has 0 spiro atoms. The molecule has 4 heterocycles. The number of halogens is 1. The highest BCUT2D eigenvalue weighted by Crippen LogP contribution is 2.33. The molecule has 0 aliphatic carbocycles. The van der Waals surface area contributed by atoms with Gasteiger partial charge in [0.25, 0.3) is 5.56 Å². The maximum Gasteiger partial charge on any atom is 0.259 e. The van der Waals surface area contributed by atoms with E-state index in [1.165, 1.54) is 11.1 Å². The standard InChI is InChI=1S/C28H31FN6O/c1-18-14-23(4-5-24(18)20-7-12-35(13-8-20)11-3-9-29)33-27-26-21(6-10-30-28(26)36)15-25(34-27)22-16-31-19(2)32-17-22/h4-6,10,14-17,20H,3,7-9,11-13H2,1-2H3,(H,30,36)(H,33,34). The lowest BCUT2D eigenvalue weighted by molar-refractivity contribution is 0.204. The van der Waals surface area contributed by atoms with Crippen LogP contribution in [0.2, 0.25) is 0 Å². The molecule has 1 aromatic carbocycles. The lowest BCUT2D eigenvalue weighted by Gasteiger charge is -2.32. The van der Waals surface area contributed by atoms with Crippen molar-refractivity contribution < 1.29 is 4.39 Å². The minimum atomic E-state index is -0.245. The van der Waals surface area contributed by atoms with E-state index in [0.717, 1.165) is 49.1 Å². The molecule has 7 nitrogen and oxygen atoms in total. The maximum atomic E-state index is 12.7. The quantitative estimate of drug-likeness (QED) is 0.370. The van der Waals surface area contributed by atoms with Gasteiger partial charge in [-0.05, 0) is 92.9 Å². The van der Waals surface area contributed by atoms with Gasteiger partial charge in [-0.25, -0.2) is 15.0 Å². The van der Waals surface area contributed by atoms with Crippen LogP contribution in [0.3, 0.4) is 0 Å². The number of aryl methyl sites for hydroxylation is 2. The summed E-state index contributed by atoms with van der Waals surface area (Å²) >= 11 is 0. The monoisotopic (exact) mass is 486 g/mol. The maximum absolute atomic E-state index is 12.7. The third-order valence-electron chi connectivity index (χ3n) is 7.00. The summed E-state index contributed by atoms with van der Waals surface area (Å²) in [4.78, 5) is 31.2. The average molecular weight is 487 g/mol. The summed E-state index contributed by atoms with van der Waals surface area (Å²) in [7, 11) is 0. The second-order valence-electron chi connectivity index (χ2n) is 9.50. The van der Waals surface area contributed by atoms with Gasteiger partial charge in [-0.1, -0.05) is 6.07 Å². The number of nitrogens with zero attached hydrogens (tertiary/aromatic N) is 4. The lowest BCUT2D eigenvalue weighted by atomic mass is 9.86. The molecular weight excluding hydrogens is 455 g/mol. The van der Waals surface area contributed by atoms with E-state index in [1.807, 2.05) is 19.1 Å². The number of anilines is 2. The molecule has 0 unspecified atom stereocenters. The van der Waals surface area contributed by atoms with Crippen molar-refractivity contribution in [3.8, 4) is 11.3 Å². The zero-order valence-corrected chi connectivity index (χ0v) is 20.7. The Hall–Kier alpha value is -3.65. The van der Waals surface area contributed by atoms with E-state index in [4.69, 9.17) is 4.98 Å². The predicted molar refractivity (Wildman–Crippen MR) is 142 cm³/mol. The van der Waals surface area contributed by atoms with Crippen LogP contribution >= 0.6 is 0 Å². The van der Waals surface area contributed by atoms with E-state index in [0.29, 0.717) is 35.1 Å². The number of piperidine rings is 1. The third-order valence-corrected chi connectivity index (χ3v) is 7.00. The number of alkyl halides is 1. The number of nitrogens with one attached hydrogen (secondary N) is 2. The van der Waals surface area contributed by atoms with Crippen LogP contribution in [0.25, 0.3) is 22.0 Å². The van der Waals surface area contributed by atoms with Gasteiger partial charge >= 0.3 is 0 Å². The average Bonchev–Trinajstić information content (AvgIpc) is 2.88. The molecule has 1 aliphatic heterocycles. The Labute approximate surface area is 209 Å². The minimum absolute atomic E-state index is 0.193. The van der Waals surface area contributed by atoms with E-state index < -0.39 is 0 Å². The number of fused-ring (bicyclic) bond motifs is 1. The van der Waals surface area contributed by atoms with Gasteiger partial charge in [0.2, 0.25) is 0 Å². The molecule has 2 N–H and O–H groups in total. The molecule has 0 saturated carbocycles. The van der Waals surface area contributed by atoms with Crippen LogP contribution in [0, 0.1) is 13.8 Å². The van der Waals surface area contributed by atoms with Gasteiger partial charge < -0.3 is 15.2 Å². The summed E-state index contributed by atoms with van der Waals surface area (Å²) in [5, 5.41) is 4.70. The number of likely N-dealkylation sites (tertiary alicyclic amines) is 1. The van der Waals surface area contributed by atoms with Crippen molar-refractivity contribution in [1.29, 1.82) is 0 Å². The fraction of sp³-hybridized carbons (Fsp3) is 0.357. The molecule has 186 valence electrons. The molecule has 3 aromatic heterocycles. The van der Waals surface area contributed by atoms with Crippen molar-refractivity contribution in [2.24, 2.45) is 0 Å². The Morgan fingerprint density at radius 3 is 2.61 bits per heavy atom. The highest BCUT2D eigenvalue weighted by molar-refractivity contribution is 5.95. The first-order valence-electron chi connectivity index (χ1n) is 12.5. The van der Waals surface area contributed by atoms with Crippen LogP contribution in [-0.2, 0) is 0 Å². The van der Waals surface area contributed by atoms with Crippen molar-refractivity contribution in [1.82, 2.24) is 24.8 Å². The molecule has 0 atom stereocenters. The Morgan fingerprint density at radius 2 is 1.89 bits per heavy atom. The number of pyridine rings is 2. The molecule has 0 radical (unpaired) electrons. The Balaban J connectivity index is 1.42. The van der Waals surface area contributed by atoms with Gasteiger partial charge in [-0.15, -0.1) is 0 Å². The Morgan fingerprint density at radius 1 is 1.11 bits per heavy atom. The van der Waals surface area contributed by atoms with Crippen molar-refractivity contribution in [2.45, 2.75) is 39.0 Å². The second-order valence-corrected chi connectivity index (χ2v) is 9.50. The number of H-pyrrole nitrogens is 1. The largest absolute Gasteiger partial charge is 0.340 e. The summed E-state index contributed by atoms with van der Waals surface area (Å²) in [5.74, 6) is 1.70. The summed E-state index contributed by atoms with van der Waals surface area (Å²) in [6.07, 6.45) is 7.92. The van der Waals surface area contributed by atoms with E-state index in [9.17, 15) is 9.18 Å². The number of hydrogen-bond acceptors (Lipinski definition) is 6. The van der Waals surface area contributed by atoms with Gasteiger partial charge in [0.15, 0.2) is 0 Å². The van der Waals surface area contributed by atoms with Crippen LogP contribution in [0.1, 0.15) is 42.1 Å². The molecule has 0 bridgehead atoms. The van der Waals surface area contributed by atoms with Crippen LogP contribution in [-0.4, -0.2) is 51.1 Å². The van der Waals surface area contributed by atoms with Crippen molar-refractivity contribution >= 4 is 22.3 Å². The number of aromatic nitrogens is 4. The first-order valence-corrected chi connectivity index (χ1v) is 12.5. The van der Waals surface area contributed by atoms with Crippen LogP contribution in [0.4, 0.5) is 15.9 Å². The van der Waals surface area contributed by atoms with E-state index in [1.54, 1.807) is 18.6 Å². The van der Waals surface area contributed by atoms with Gasteiger partial charge in [0.1, 0.15) is 11.6 Å². The Bertz CT molecular complexity index is 1410. The summed E-state index contributed by atoms with van der Waals surface area (Å²) in [6.45, 7) is 6.60. The summed E-state index contributed by atoms with van der Waals surface area (Å²) in [6, 6.07) is 10.1. The fourth-order valence-electron chi connectivity index (χ4n) is 5.08. The first kappa shape index (κ1) is 24.1. The van der Waals surface area contributed by atoms with Crippen LogP contribution in [0.5, 0.6) is 0 Å². The van der Waals surface area contributed by atoms with E-state index in [2.05, 4.69) is 50.3 Å². The van der Waals surface area contributed by atoms with Crippen LogP contribution in [0.15, 0.2) is 53.7 Å². The Kier molecular flexibility index (Phi) is 7.04. The molecule has 1 aliphatic rings. The van der Waals surface area contributed by atoms with Crippen molar-refractivity contribution in [3.63, 3.8) is 0 Å². The molecule has 8 heteroatoms. The zero-order valence-electron chi connectivity index (χ0n) is 20.7. The summed E-state index contributed by atoms with van der Waals surface area (Å²) < 4.78 is 12.5. The highest BCUT2D eigenvalue weighted by Gasteiger charge is 2.22. The summed E-state index contributed by atoms with van der Waals surface area (Å²) in [5.41, 5.74) is 4.74. The minimum Gasteiger partial charge on any atom is -0.340 e. The fourth-order valence-corrected chi connectivity index (χ4v) is 5.08. The molecular formula is C28H31FN6O. The van der Waals surface area contributed by atoms with Crippen molar-refractivity contribution in [3.05, 3.63) is 76.2 Å². The SMILES string of the molecule is Cc1ncc(-c2cc3cc[nH]c(=O)c3c(Nc3ccc(C4CCN(CCCF)CC4)c(C)c3)n2)cn1. The third kappa shape index (κ3) is 5.14. The number of hydrogen-bond donors (Lipinski definition) is 2. The molecule has 4 aromatic rings. The number of rotatable bonds is 7. The van der Waals surface area contributed by atoms with Gasteiger partial charge in [-0.2, -0.15) is 0 Å². The highest BCUT2D eigenvalue weighted by atomic mass is 19.1. The zero-order chi connectivity index (χ0) is 25.1. The van der Waals surface area contributed by atoms with E-state index in [-0.39, 0.29) is 12.2 Å². The van der Waals surface area contributed by atoms with Gasteiger partial charge in [-0.3, -0.25) is 9.18 Å². The molecule has 5 rings (SSSR count). The molecule has 1 fully saturated rings. The second kappa shape index (κ2) is 10.5.